The lowest BCUT2D eigenvalue weighted by atomic mass is 10.0. The number of ether oxygens (including phenoxy) is 2. The number of esters is 1. The average molecular weight is 501 g/mol. The zero-order valence-corrected chi connectivity index (χ0v) is 21.1. The third-order valence-corrected chi connectivity index (χ3v) is 6.30. The normalized spacial score (nSPS) is 11.4. The minimum absolute atomic E-state index is 0.0152. The van der Waals surface area contributed by atoms with E-state index in [9.17, 15) is 18.0 Å². The van der Waals surface area contributed by atoms with Crippen molar-refractivity contribution in [3.8, 4) is 17.2 Å². The Balaban J connectivity index is 2.15. The van der Waals surface area contributed by atoms with E-state index in [4.69, 9.17) is 13.7 Å². The van der Waals surface area contributed by atoms with Crippen LogP contribution < -0.4 is 14.5 Å². The Morgan fingerprint density at radius 1 is 1.00 bits per heavy atom. The number of carbonyl (C=O) groups is 1. The molecule has 186 valence electrons. The predicted octanol–water partition coefficient (Wildman–Crippen LogP) is 4.01. The lowest BCUT2D eigenvalue weighted by Gasteiger charge is -2.16. The first-order valence-electron chi connectivity index (χ1n) is 11.2. The second-order valence-electron chi connectivity index (χ2n) is 7.99. The summed E-state index contributed by atoms with van der Waals surface area (Å²) in [4.78, 5) is 25.3. The summed E-state index contributed by atoms with van der Waals surface area (Å²) >= 11 is 0. The SMILES string of the molecule is CCOC(=O)c1nn(-c2ccc(C)cc2)c(=O)cc1OS(=O)(=O)c1cc(C(C)C)ccc1OCC. The summed E-state index contributed by atoms with van der Waals surface area (Å²) < 4.78 is 43.5. The van der Waals surface area contributed by atoms with Gasteiger partial charge in [0.25, 0.3) is 5.56 Å². The van der Waals surface area contributed by atoms with Gasteiger partial charge in [-0.2, -0.15) is 18.2 Å². The fourth-order valence-corrected chi connectivity index (χ4v) is 4.34. The molecule has 0 radical (unpaired) electrons. The van der Waals surface area contributed by atoms with Crippen LogP contribution in [0, 0.1) is 6.92 Å². The molecule has 9 nitrogen and oxygen atoms in total. The Labute approximate surface area is 204 Å². The van der Waals surface area contributed by atoms with E-state index in [0.717, 1.165) is 21.9 Å². The van der Waals surface area contributed by atoms with Crippen molar-refractivity contribution in [2.45, 2.75) is 45.4 Å². The lowest BCUT2D eigenvalue weighted by Crippen LogP contribution is -2.26. The highest BCUT2D eigenvalue weighted by molar-refractivity contribution is 7.87. The summed E-state index contributed by atoms with van der Waals surface area (Å²) in [6.07, 6.45) is 0. The van der Waals surface area contributed by atoms with Gasteiger partial charge < -0.3 is 13.7 Å². The van der Waals surface area contributed by atoms with Crippen LogP contribution in [0.4, 0.5) is 0 Å². The molecule has 3 rings (SSSR count). The van der Waals surface area contributed by atoms with Gasteiger partial charge in [-0.25, -0.2) is 4.79 Å². The van der Waals surface area contributed by atoms with Crippen molar-refractivity contribution < 1.29 is 26.9 Å². The van der Waals surface area contributed by atoms with Crippen LogP contribution in [0.25, 0.3) is 5.69 Å². The van der Waals surface area contributed by atoms with Crippen LogP contribution in [0.1, 0.15) is 55.2 Å². The van der Waals surface area contributed by atoms with Gasteiger partial charge in [-0.05, 0) is 56.5 Å². The fraction of sp³-hybridized carbons (Fsp3) is 0.320. The molecule has 0 amide bonds. The van der Waals surface area contributed by atoms with Gasteiger partial charge in [-0.15, -0.1) is 0 Å². The summed E-state index contributed by atoms with van der Waals surface area (Å²) in [5.41, 5.74) is 0.965. The van der Waals surface area contributed by atoms with Gasteiger partial charge in [0.05, 0.1) is 25.0 Å². The summed E-state index contributed by atoms with van der Waals surface area (Å²) in [5, 5.41) is 4.08. The number of rotatable bonds is 9. The number of hydrogen-bond acceptors (Lipinski definition) is 8. The molecule has 0 atom stereocenters. The van der Waals surface area contributed by atoms with E-state index in [1.54, 1.807) is 50.2 Å². The number of aryl methyl sites for hydroxylation is 1. The van der Waals surface area contributed by atoms with Crippen LogP contribution in [-0.2, 0) is 14.9 Å². The molecule has 10 heteroatoms. The third kappa shape index (κ3) is 5.89. The van der Waals surface area contributed by atoms with Crippen LogP contribution in [-0.4, -0.2) is 37.4 Å². The number of nitrogens with zero attached hydrogens (tertiary/aromatic N) is 2. The molecule has 0 saturated heterocycles. The molecule has 35 heavy (non-hydrogen) atoms. The molecule has 0 saturated carbocycles. The van der Waals surface area contributed by atoms with Gasteiger partial charge >= 0.3 is 16.1 Å². The maximum absolute atomic E-state index is 13.3. The molecule has 0 aliphatic heterocycles. The summed E-state index contributed by atoms with van der Waals surface area (Å²) in [6, 6.07) is 12.5. The van der Waals surface area contributed by atoms with Crippen LogP contribution in [0.2, 0.25) is 0 Å². The van der Waals surface area contributed by atoms with Crippen LogP contribution in [0.5, 0.6) is 11.5 Å². The van der Waals surface area contributed by atoms with E-state index in [2.05, 4.69) is 5.10 Å². The van der Waals surface area contributed by atoms with Gasteiger partial charge in [-0.3, -0.25) is 4.79 Å². The monoisotopic (exact) mass is 500 g/mol. The van der Waals surface area contributed by atoms with E-state index in [1.807, 2.05) is 20.8 Å². The van der Waals surface area contributed by atoms with Gasteiger partial charge in [-0.1, -0.05) is 37.6 Å². The van der Waals surface area contributed by atoms with Crippen molar-refractivity contribution in [3.63, 3.8) is 0 Å². The number of hydrogen-bond donors (Lipinski definition) is 0. The molecule has 0 fully saturated rings. The summed E-state index contributed by atoms with van der Waals surface area (Å²) in [5.74, 6) is -1.33. The van der Waals surface area contributed by atoms with Crippen LogP contribution in [0.3, 0.4) is 0 Å². The van der Waals surface area contributed by atoms with Gasteiger partial charge in [0, 0.05) is 0 Å². The van der Waals surface area contributed by atoms with Crippen molar-refractivity contribution in [3.05, 3.63) is 75.7 Å². The van der Waals surface area contributed by atoms with Crippen LogP contribution >= 0.6 is 0 Å². The molecule has 1 heterocycles. The van der Waals surface area contributed by atoms with Crippen molar-refractivity contribution in [1.82, 2.24) is 9.78 Å². The molecule has 0 spiro atoms. The Kier molecular flexibility index (Phi) is 7.96. The average Bonchev–Trinajstić information content (AvgIpc) is 2.80. The molecule has 0 bridgehead atoms. The first-order chi connectivity index (χ1) is 16.6. The van der Waals surface area contributed by atoms with Crippen molar-refractivity contribution in [2.24, 2.45) is 0 Å². The van der Waals surface area contributed by atoms with E-state index in [-0.39, 0.29) is 29.8 Å². The molecule has 0 aliphatic carbocycles. The Morgan fingerprint density at radius 3 is 2.29 bits per heavy atom. The fourth-order valence-electron chi connectivity index (χ4n) is 3.23. The number of aromatic nitrogens is 2. The molecule has 0 N–H and O–H groups in total. The van der Waals surface area contributed by atoms with Gasteiger partial charge in [0.1, 0.15) is 10.6 Å². The lowest BCUT2D eigenvalue weighted by molar-refractivity contribution is 0.0515. The van der Waals surface area contributed by atoms with Crippen molar-refractivity contribution in [2.75, 3.05) is 13.2 Å². The zero-order chi connectivity index (χ0) is 25.8. The molecule has 0 aliphatic rings. The second-order valence-corrected chi connectivity index (χ2v) is 9.51. The predicted molar refractivity (Wildman–Crippen MR) is 130 cm³/mol. The minimum Gasteiger partial charge on any atom is -0.492 e. The topological polar surface area (TPSA) is 114 Å². The minimum atomic E-state index is -4.51. The smallest absolute Gasteiger partial charge is 0.362 e. The first kappa shape index (κ1) is 26.0. The Morgan fingerprint density at radius 2 is 1.69 bits per heavy atom. The van der Waals surface area contributed by atoms with E-state index in [0.29, 0.717) is 5.69 Å². The maximum Gasteiger partial charge on any atom is 0.362 e. The summed E-state index contributed by atoms with van der Waals surface area (Å²) in [6.45, 7) is 9.28. The molecule has 0 unspecified atom stereocenters. The highest BCUT2D eigenvalue weighted by atomic mass is 32.2. The second kappa shape index (κ2) is 10.7. The van der Waals surface area contributed by atoms with Crippen molar-refractivity contribution >= 4 is 16.1 Å². The molecular weight excluding hydrogens is 472 g/mol. The van der Waals surface area contributed by atoms with Gasteiger partial charge in [0.15, 0.2) is 5.75 Å². The molecule has 3 aromatic rings. The maximum atomic E-state index is 13.3. The van der Waals surface area contributed by atoms with E-state index in [1.165, 1.54) is 6.07 Å². The quantitative estimate of drug-likeness (QED) is 0.320. The largest absolute Gasteiger partial charge is 0.492 e. The number of carbonyl (C=O) groups excluding carboxylic acids is 1. The summed E-state index contributed by atoms with van der Waals surface area (Å²) in [7, 11) is -4.51. The van der Waals surface area contributed by atoms with E-state index >= 15 is 0 Å². The van der Waals surface area contributed by atoms with E-state index < -0.39 is 33.1 Å². The van der Waals surface area contributed by atoms with Crippen LogP contribution in [0.15, 0.2) is 58.2 Å². The molecule has 1 aromatic heterocycles. The highest BCUT2D eigenvalue weighted by Gasteiger charge is 2.28. The van der Waals surface area contributed by atoms with Gasteiger partial charge in [0.2, 0.25) is 5.69 Å². The first-order valence-corrected chi connectivity index (χ1v) is 12.6. The van der Waals surface area contributed by atoms with Crippen molar-refractivity contribution in [1.29, 1.82) is 0 Å². The highest BCUT2D eigenvalue weighted by Crippen LogP contribution is 2.31. The Hall–Kier alpha value is -3.66. The zero-order valence-electron chi connectivity index (χ0n) is 20.3. The molecule has 2 aromatic carbocycles. The molecular formula is C25H28N2O7S. The standard InChI is InChI=1S/C25H28N2O7S/c1-6-32-20-13-10-18(16(3)4)14-22(20)35(30,31)34-21-15-23(28)27(19-11-8-17(5)9-12-19)26-24(21)25(29)33-7-2/h8-16H,6-7H2,1-5H3. The third-order valence-electron chi connectivity index (χ3n) is 5.05. The number of benzene rings is 2. The Bertz CT molecular complexity index is 1380.